The van der Waals surface area contributed by atoms with Crippen molar-refractivity contribution < 1.29 is 4.79 Å². The molecule has 3 N–H and O–H groups in total. The first kappa shape index (κ1) is 10.7. The molecule has 1 aromatic carbocycles. The average molecular weight is 192 g/mol. The van der Waals surface area contributed by atoms with Gasteiger partial charge >= 0.3 is 0 Å². The lowest BCUT2D eigenvalue weighted by molar-refractivity contribution is 0.101. The molecule has 0 fully saturated rings. The molecule has 1 rings (SSSR count). The molecule has 0 aromatic heterocycles. The summed E-state index contributed by atoms with van der Waals surface area (Å²) in [6.07, 6.45) is 0. The van der Waals surface area contributed by atoms with Gasteiger partial charge in [0.05, 0.1) is 0 Å². The number of anilines is 1. The van der Waals surface area contributed by atoms with Gasteiger partial charge in [-0.25, -0.2) is 0 Å². The zero-order chi connectivity index (χ0) is 10.7. The molecule has 0 atom stereocenters. The van der Waals surface area contributed by atoms with Crippen LogP contribution in [0.25, 0.3) is 0 Å². The zero-order valence-electron chi connectivity index (χ0n) is 8.85. The van der Waals surface area contributed by atoms with Crippen LogP contribution >= 0.6 is 0 Å². The predicted octanol–water partition coefficient (Wildman–Crippen LogP) is 1.50. The number of nitrogens with two attached hydrogens (primary N) is 1. The minimum Gasteiger partial charge on any atom is -0.399 e. The molecule has 0 saturated heterocycles. The molecular weight excluding hydrogens is 176 g/mol. The zero-order valence-corrected chi connectivity index (χ0v) is 8.85. The topological polar surface area (TPSA) is 55.1 Å². The van der Waals surface area contributed by atoms with Crippen molar-refractivity contribution in [1.82, 2.24) is 5.32 Å². The first-order chi connectivity index (χ1) is 6.57. The molecule has 0 unspecified atom stereocenters. The highest BCUT2D eigenvalue weighted by Gasteiger charge is 2.10. The van der Waals surface area contributed by atoms with Gasteiger partial charge in [-0.3, -0.25) is 4.79 Å². The van der Waals surface area contributed by atoms with Gasteiger partial charge in [0, 0.05) is 17.8 Å². The summed E-state index contributed by atoms with van der Waals surface area (Å²) in [6.45, 7) is 4.18. The van der Waals surface area contributed by atoms with Gasteiger partial charge in [0.15, 0.2) is 5.78 Å². The van der Waals surface area contributed by atoms with Crippen molar-refractivity contribution in [1.29, 1.82) is 0 Å². The molecule has 3 heteroatoms. The summed E-state index contributed by atoms with van der Waals surface area (Å²) in [5.74, 6) is 0.0818. The molecule has 0 aliphatic heterocycles. The molecule has 3 nitrogen and oxygen atoms in total. The number of carbonyl (C=O) groups is 1. The molecule has 0 radical (unpaired) electrons. The van der Waals surface area contributed by atoms with Crippen LogP contribution in [0.2, 0.25) is 0 Å². The van der Waals surface area contributed by atoms with Gasteiger partial charge < -0.3 is 11.1 Å². The van der Waals surface area contributed by atoms with E-state index in [2.05, 4.69) is 5.32 Å². The number of nitrogen functional groups attached to an aromatic ring is 1. The molecule has 76 valence electrons. The van der Waals surface area contributed by atoms with Crippen LogP contribution < -0.4 is 11.1 Å². The lowest BCUT2D eigenvalue weighted by Gasteiger charge is -2.12. The Morgan fingerprint density at radius 2 is 2.14 bits per heavy atom. The Balaban J connectivity index is 3.29. The Bertz CT molecular complexity index is 359. The molecule has 0 spiro atoms. The number of benzene rings is 1. The maximum absolute atomic E-state index is 11.3. The van der Waals surface area contributed by atoms with Crippen molar-refractivity contribution in [2.24, 2.45) is 0 Å². The van der Waals surface area contributed by atoms with Crippen molar-refractivity contribution in [2.45, 2.75) is 20.4 Å². The molecule has 0 heterocycles. The van der Waals surface area contributed by atoms with Crippen LogP contribution in [-0.4, -0.2) is 12.8 Å². The van der Waals surface area contributed by atoms with Crippen LogP contribution in [0, 0.1) is 6.92 Å². The standard InChI is InChI=1S/C11H16N2O/c1-7-10(6-13-3)9(8(2)14)4-5-11(7)12/h4-5,13H,6,12H2,1-3H3. The van der Waals surface area contributed by atoms with E-state index in [4.69, 9.17) is 5.73 Å². The van der Waals surface area contributed by atoms with Gasteiger partial charge in [0.25, 0.3) is 0 Å². The molecule has 0 saturated carbocycles. The normalized spacial score (nSPS) is 10.2. The lowest BCUT2D eigenvalue weighted by Crippen LogP contribution is -2.12. The van der Waals surface area contributed by atoms with E-state index in [-0.39, 0.29) is 5.78 Å². The smallest absolute Gasteiger partial charge is 0.160 e. The van der Waals surface area contributed by atoms with Gasteiger partial charge in [-0.1, -0.05) is 0 Å². The number of hydrogen-bond donors (Lipinski definition) is 2. The Kier molecular flexibility index (Phi) is 3.25. The van der Waals surface area contributed by atoms with E-state index in [0.29, 0.717) is 6.54 Å². The summed E-state index contributed by atoms with van der Waals surface area (Å²) in [6, 6.07) is 3.57. The quantitative estimate of drug-likeness (QED) is 0.563. The SMILES string of the molecule is CNCc1c(C(C)=O)ccc(N)c1C. The summed E-state index contributed by atoms with van der Waals surface area (Å²) in [4.78, 5) is 11.3. The summed E-state index contributed by atoms with van der Waals surface area (Å²) < 4.78 is 0. The van der Waals surface area contributed by atoms with E-state index in [1.165, 1.54) is 0 Å². The Labute approximate surface area is 84.3 Å². The second-order valence-corrected chi connectivity index (χ2v) is 3.39. The third-order valence-corrected chi connectivity index (χ3v) is 2.37. The molecule has 0 aliphatic rings. The Hall–Kier alpha value is -1.35. The van der Waals surface area contributed by atoms with Crippen molar-refractivity contribution in [2.75, 3.05) is 12.8 Å². The van der Waals surface area contributed by atoms with Gasteiger partial charge in [-0.05, 0) is 44.2 Å². The first-order valence-electron chi connectivity index (χ1n) is 4.61. The van der Waals surface area contributed by atoms with Crippen LogP contribution in [0.3, 0.4) is 0 Å². The number of hydrogen-bond acceptors (Lipinski definition) is 3. The number of ketones is 1. The second kappa shape index (κ2) is 4.24. The molecule has 1 aromatic rings. The van der Waals surface area contributed by atoms with Crippen molar-refractivity contribution in [3.05, 3.63) is 28.8 Å². The molecule has 0 aliphatic carbocycles. The van der Waals surface area contributed by atoms with Crippen molar-refractivity contribution in [3.63, 3.8) is 0 Å². The maximum Gasteiger partial charge on any atom is 0.160 e. The highest BCUT2D eigenvalue weighted by Crippen LogP contribution is 2.20. The third-order valence-electron chi connectivity index (χ3n) is 2.37. The number of carbonyl (C=O) groups excluding carboxylic acids is 1. The number of nitrogens with one attached hydrogen (secondary N) is 1. The van der Waals surface area contributed by atoms with E-state index in [9.17, 15) is 4.79 Å². The fourth-order valence-electron chi connectivity index (χ4n) is 1.51. The minimum atomic E-state index is 0.0818. The summed E-state index contributed by atoms with van der Waals surface area (Å²) >= 11 is 0. The summed E-state index contributed by atoms with van der Waals surface area (Å²) in [5.41, 5.74) is 9.27. The molecule has 0 amide bonds. The average Bonchev–Trinajstić information content (AvgIpc) is 2.13. The van der Waals surface area contributed by atoms with Crippen LogP contribution in [-0.2, 0) is 6.54 Å². The molecule has 0 bridgehead atoms. The van der Waals surface area contributed by atoms with Crippen LogP contribution in [0.1, 0.15) is 28.4 Å². The Morgan fingerprint density at radius 3 is 2.64 bits per heavy atom. The predicted molar refractivity (Wildman–Crippen MR) is 58.4 cm³/mol. The third kappa shape index (κ3) is 1.93. The summed E-state index contributed by atoms with van der Waals surface area (Å²) in [7, 11) is 1.85. The largest absolute Gasteiger partial charge is 0.399 e. The lowest BCUT2D eigenvalue weighted by atomic mass is 9.98. The van der Waals surface area contributed by atoms with E-state index < -0.39 is 0 Å². The van der Waals surface area contributed by atoms with Crippen LogP contribution in [0.15, 0.2) is 12.1 Å². The number of Topliss-reactive ketones (excluding diaryl/α,β-unsaturated/α-hetero) is 1. The van der Waals surface area contributed by atoms with Crippen molar-refractivity contribution >= 4 is 11.5 Å². The van der Waals surface area contributed by atoms with E-state index in [1.807, 2.05) is 14.0 Å². The number of rotatable bonds is 3. The molecular formula is C11H16N2O. The van der Waals surface area contributed by atoms with Gasteiger partial charge in [-0.2, -0.15) is 0 Å². The van der Waals surface area contributed by atoms with E-state index in [0.717, 1.165) is 22.4 Å². The Morgan fingerprint density at radius 1 is 1.50 bits per heavy atom. The van der Waals surface area contributed by atoms with Gasteiger partial charge in [-0.15, -0.1) is 0 Å². The monoisotopic (exact) mass is 192 g/mol. The van der Waals surface area contributed by atoms with Crippen molar-refractivity contribution in [3.8, 4) is 0 Å². The van der Waals surface area contributed by atoms with Gasteiger partial charge in [0.1, 0.15) is 0 Å². The maximum atomic E-state index is 11.3. The second-order valence-electron chi connectivity index (χ2n) is 3.39. The van der Waals surface area contributed by atoms with E-state index >= 15 is 0 Å². The molecule has 14 heavy (non-hydrogen) atoms. The van der Waals surface area contributed by atoms with Crippen LogP contribution in [0.5, 0.6) is 0 Å². The highest BCUT2D eigenvalue weighted by molar-refractivity contribution is 5.96. The minimum absolute atomic E-state index is 0.0818. The highest BCUT2D eigenvalue weighted by atomic mass is 16.1. The fourth-order valence-corrected chi connectivity index (χ4v) is 1.51. The fraction of sp³-hybridized carbons (Fsp3) is 0.364. The summed E-state index contributed by atoms with van der Waals surface area (Å²) in [5, 5.41) is 3.04. The first-order valence-corrected chi connectivity index (χ1v) is 4.61. The van der Waals surface area contributed by atoms with Crippen LogP contribution in [0.4, 0.5) is 5.69 Å². The van der Waals surface area contributed by atoms with E-state index in [1.54, 1.807) is 19.1 Å². The van der Waals surface area contributed by atoms with Gasteiger partial charge in [0.2, 0.25) is 0 Å².